The number of hydrogen-bond acceptors (Lipinski definition) is 4. The molecule has 0 heterocycles. The molecule has 0 aliphatic rings. The van der Waals surface area contributed by atoms with Crippen LogP contribution in [0.15, 0.2) is 24.3 Å². The Morgan fingerprint density at radius 2 is 1.56 bits per heavy atom. The molecule has 0 aliphatic carbocycles. The second-order valence-corrected chi connectivity index (χ2v) is 7.55. The summed E-state index contributed by atoms with van der Waals surface area (Å²) >= 11 is 0. The van der Waals surface area contributed by atoms with Gasteiger partial charge in [-0.25, -0.2) is 4.79 Å². The van der Waals surface area contributed by atoms with Gasteiger partial charge in [-0.3, -0.25) is 4.79 Å². The third kappa shape index (κ3) is 8.23. The molecule has 0 bridgehead atoms. The molecule has 1 aromatic carbocycles. The van der Waals surface area contributed by atoms with Crippen LogP contribution in [0.5, 0.6) is 5.75 Å². The molecule has 27 heavy (non-hydrogen) atoms. The quantitative estimate of drug-likeness (QED) is 0.742. The van der Waals surface area contributed by atoms with Gasteiger partial charge in [-0.05, 0) is 51.3 Å². The number of alkyl carbamates (subject to hydrolysis) is 1. The minimum atomic E-state index is -2.89. The number of amides is 2. The summed E-state index contributed by atoms with van der Waals surface area (Å²) in [5, 5.41) is 5.39. The first-order valence-electron chi connectivity index (χ1n) is 8.73. The van der Waals surface area contributed by atoms with E-state index in [9.17, 15) is 18.4 Å². The molecule has 0 saturated heterocycles. The first kappa shape index (κ1) is 22.7. The lowest BCUT2D eigenvalue weighted by molar-refractivity contribution is -0.124. The van der Waals surface area contributed by atoms with Crippen LogP contribution in [0.1, 0.15) is 53.1 Å². The van der Waals surface area contributed by atoms with Crippen LogP contribution in [-0.2, 0) is 9.53 Å². The second kappa shape index (κ2) is 9.53. The van der Waals surface area contributed by atoms with Gasteiger partial charge in [0.15, 0.2) is 0 Å². The van der Waals surface area contributed by atoms with E-state index in [1.807, 2.05) is 13.8 Å². The fourth-order valence-corrected chi connectivity index (χ4v) is 2.29. The SMILES string of the molecule is CC(NC(=O)[C@@H](NC(=O)OC(C)(C)C)C(C)C)c1ccc(OC(F)F)cc1. The van der Waals surface area contributed by atoms with Gasteiger partial charge in [0.1, 0.15) is 17.4 Å². The molecule has 2 atom stereocenters. The monoisotopic (exact) mass is 386 g/mol. The molecule has 0 radical (unpaired) electrons. The number of benzene rings is 1. The van der Waals surface area contributed by atoms with E-state index >= 15 is 0 Å². The van der Waals surface area contributed by atoms with Gasteiger partial charge < -0.3 is 20.1 Å². The fourth-order valence-electron chi connectivity index (χ4n) is 2.29. The Hall–Kier alpha value is -2.38. The van der Waals surface area contributed by atoms with Crippen molar-refractivity contribution in [2.45, 2.75) is 65.8 Å². The number of carbonyl (C=O) groups excluding carboxylic acids is 2. The van der Waals surface area contributed by atoms with Gasteiger partial charge in [-0.2, -0.15) is 8.78 Å². The van der Waals surface area contributed by atoms with Crippen molar-refractivity contribution in [1.29, 1.82) is 0 Å². The molecule has 152 valence electrons. The van der Waals surface area contributed by atoms with Crippen LogP contribution in [-0.4, -0.2) is 30.3 Å². The number of rotatable bonds is 7. The molecular weight excluding hydrogens is 358 g/mol. The lowest BCUT2D eigenvalue weighted by atomic mass is 10.0. The highest BCUT2D eigenvalue weighted by atomic mass is 19.3. The van der Waals surface area contributed by atoms with Gasteiger partial charge in [0.2, 0.25) is 5.91 Å². The summed E-state index contributed by atoms with van der Waals surface area (Å²) < 4.78 is 33.9. The standard InChI is InChI=1S/C19H28F2N2O4/c1-11(2)15(23-18(25)27-19(4,5)6)16(24)22-12(3)13-7-9-14(10-8-13)26-17(20)21/h7-12,15,17H,1-6H3,(H,22,24)(H,23,25)/t12?,15-/m0/s1. The van der Waals surface area contributed by atoms with Crippen molar-refractivity contribution in [3.05, 3.63) is 29.8 Å². The first-order valence-corrected chi connectivity index (χ1v) is 8.73. The van der Waals surface area contributed by atoms with E-state index in [4.69, 9.17) is 4.74 Å². The van der Waals surface area contributed by atoms with Crippen molar-refractivity contribution in [3.63, 3.8) is 0 Å². The first-order chi connectivity index (χ1) is 12.4. The van der Waals surface area contributed by atoms with Gasteiger partial charge in [0.05, 0.1) is 6.04 Å². The third-order valence-electron chi connectivity index (χ3n) is 3.59. The van der Waals surface area contributed by atoms with E-state index in [2.05, 4.69) is 15.4 Å². The highest BCUT2D eigenvalue weighted by molar-refractivity contribution is 5.86. The molecule has 0 aromatic heterocycles. The number of carbonyl (C=O) groups is 2. The predicted molar refractivity (Wildman–Crippen MR) is 97.6 cm³/mol. The zero-order valence-corrected chi connectivity index (χ0v) is 16.5. The molecule has 1 unspecified atom stereocenters. The molecule has 1 aromatic rings. The van der Waals surface area contributed by atoms with Crippen molar-refractivity contribution < 1.29 is 27.8 Å². The summed E-state index contributed by atoms with van der Waals surface area (Å²) in [5.74, 6) is -0.485. The summed E-state index contributed by atoms with van der Waals surface area (Å²) in [6, 6.07) is 4.83. The maximum Gasteiger partial charge on any atom is 0.408 e. The fraction of sp³-hybridized carbons (Fsp3) is 0.579. The van der Waals surface area contributed by atoms with Gasteiger partial charge in [0, 0.05) is 0 Å². The van der Waals surface area contributed by atoms with Crippen LogP contribution in [0.4, 0.5) is 13.6 Å². The average Bonchev–Trinajstić information content (AvgIpc) is 2.50. The Bertz CT molecular complexity index is 628. The minimum absolute atomic E-state index is 0.0407. The molecule has 2 amide bonds. The van der Waals surface area contributed by atoms with E-state index in [1.165, 1.54) is 12.1 Å². The molecular formula is C19H28F2N2O4. The van der Waals surface area contributed by atoms with Gasteiger partial charge in [0.25, 0.3) is 0 Å². The number of ether oxygens (including phenoxy) is 2. The summed E-state index contributed by atoms with van der Waals surface area (Å²) in [6.07, 6.45) is -0.669. The Balaban J connectivity index is 2.73. The van der Waals surface area contributed by atoms with Crippen molar-refractivity contribution in [3.8, 4) is 5.75 Å². The van der Waals surface area contributed by atoms with E-state index in [-0.39, 0.29) is 23.6 Å². The Kier molecular flexibility index (Phi) is 7.99. The summed E-state index contributed by atoms with van der Waals surface area (Å²) in [5.41, 5.74) is 0.0435. The summed E-state index contributed by atoms with van der Waals surface area (Å²) in [4.78, 5) is 24.5. The zero-order chi connectivity index (χ0) is 20.8. The zero-order valence-electron chi connectivity index (χ0n) is 16.5. The van der Waals surface area contributed by atoms with Crippen molar-refractivity contribution in [2.75, 3.05) is 0 Å². The maximum absolute atomic E-state index is 12.6. The molecule has 0 spiro atoms. The van der Waals surface area contributed by atoms with Crippen LogP contribution in [0.2, 0.25) is 0 Å². The Morgan fingerprint density at radius 1 is 1.00 bits per heavy atom. The van der Waals surface area contributed by atoms with E-state index in [1.54, 1.807) is 39.8 Å². The highest BCUT2D eigenvalue weighted by Gasteiger charge is 2.27. The molecule has 0 saturated carbocycles. The van der Waals surface area contributed by atoms with E-state index in [0.717, 1.165) is 0 Å². The molecule has 0 fully saturated rings. The van der Waals surface area contributed by atoms with E-state index in [0.29, 0.717) is 5.56 Å². The topological polar surface area (TPSA) is 76.7 Å². The predicted octanol–water partition coefficient (Wildman–Crippen LogP) is 4.01. The van der Waals surface area contributed by atoms with Gasteiger partial charge in [-0.1, -0.05) is 26.0 Å². The molecule has 2 N–H and O–H groups in total. The number of halogens is 2. The van der Waals surface area contributed by atoms with Crippen LogP contribution >= 0.6 is 0 Å². The summed E-state index contributed by atoms with van der Waals surface area (Å²) in [6.45, 7) is 7.69. The minimum Gasteiger partial charge on any atom is -0.444 e. The third-order valence-corrected chi connectivity index (χ3v) is 3.59. The second-order valence-electron chi connectivity index (χ2n) is 7.55. The van der Waals surface area contributed by atoms with Crippen LogP contribution in [0.3, 0.4) is 0 Å². The maximum atomic E-state index is 12.6. The number of hydrogen-bond donors (Lipinski definition) is 2. The molecule has 8 heteroatoms. The number of nitrogens with one attached hydrogen (secondary N) is 2. The smallest absolute Gasteiger partial charge is 0.408 e. The Labute approximate surface area is 158 Å². The Morgan fingerprint density at radius 3 is 2.00 bits per heavy atom. The van der Waals surface area contributed by atoms with Crippen molar-refractivity contribution in [2.24, 2.45) is 5.92 Å². The molecule has 0 aliphatic heterocycles. The lowest BCUT2D eigenvalue weighted by Gasteiger charge is -2.26. The number of alkyl halides is 2. The van der Waals surface area contributed by atoms with Crippen LogP contribution in [0.25, 0.3) is 0 Å². The molecule has 1 rings (SSSR count). The van der Waals surface area contributed by atoms with Crippen molar-refractivity contribution in [1.82, 2.24) is 10.6 Å². The van der Waals surface area contributed by atoms with Gasteiger partial charge in [-0.15, -0.1) is 0 Å². The highest BCUT2D eigenvalue weighted by Crippen LogP contribution is 2.19. The largest absolute Gasteiger partial charge is 0.444 e. The van der Waals surface area contributed by atoms with Crippen LogP contribution < -0.4 is 15.4 Å². The van der Waals surface area contributed by atoms with Gasteiger partial charge >= 0.3 is 12.7 Å². The normalized spacial score (nSPS) is 13.9. The summed E-state index contributed by atoms with van der Waals surface area (Å²) in [7, 11) is 0. The van der Waals surface area contributed by atoms with Crippen LogP contribution in [0, 0.1) is 5.92 Å². The van der Waals surface area contributed by atoms with E-state index < -0.39 is 24.3 Å². The lowest BCUT2D eigenvalue weighted by Crippen LogP contribution is -2.51. The molecule has 6 nitrogen and oxygen atoms in total. The average molecular weight is 386 g/mol. The van der Waals surface area contributed by atoms with Crippen molar-refractivity contribution >= 4 is 12.0 Å².